The second kappa shape index (κ2) is 9.51. The highest BCUT2D eigenvalue weighted by Crippen LogP contribution is 2.18. The van der Waals surface area contributed by atoms with Crippen molar-refractivity contribution in [2.24, 2.45) is 0 Å². The van der Waals surface area contributed by atoms with Gasteiger partial charge in [-0.3, -0.25) is 0 Å². The van der Waals surface area contributed by atoms with E-state index in [0.29, 0.717) is 11.3 Å². The molecule has 0 aliphatic heterocycles. The number of benzene rings is 2. The lowest BCUT2D eigenvalue weighted by molar-refractivity contribution is 0.0734. The van der Waals surface area contributed by atoms with Crippen LogP contribution in [0.2, 0.25) is 0 Å². The molecule has 2 aromatic rings. The van der Waals surface area contributed by atoms with Gasteiger partial charge in [-0.25, -0.2) is 4.79 Å². The number of hydrogen-bond acceptors (Lipinski definition) is 2. The molecule has 122 valence electrons. The predicted molar refractivity (Wildman–Crippen MR) is 98.0 cm³/mol. The molecule has 0 aliphatic carbocycles. The Kier molecular flexibility index (Phi) is 7.34. The van der Waals surface area contributed by atoms with Crippen molar-refractivity contribution < 1.29 is 9.53 Å². The lowest BCUT2D eigenvalue weighted by atomic mass is 10.0. The number of esters is 1. The first-order valence-corrected chi connectivity index (χ1v) is 9.05. The minimum Gasteiger partial charge on any atom is -0.423 e. The Morgan fingerprint density at radius 1 is 0.913 bits per heavy atom. The van der Waals surface area contributed by atoms with Gasteiger partial charge in [0, 0.05) is 4.47 Å². The Morgan fingerprint density at radius 2 is 1.57 bits per heavy atom. The van der Waals surface area contributed by atoms with Crippen molar-refractivity contribution in [3.63, 3.8) is 0 Å². The fraction of sp³-hybridized carbons (Fsp3) is 0.350. The molecule has 0 spiro atoms. The van der Waals surface area contributed by atoms with Crippen LogP contribution in [0.25, 0.3) is 0 Å². The number of carbonyl (C=O) groups is 1. The summed E-state index contributed by atoms with van der Waals surface area (Å²) in [7, 11) is 0. The largest absolute Gasteiger partial charge is 0.423 e. The lowest BCUT2D eigenvalue weighted by Crippen LogP contribution is -2.08. The summed E-state index contributed by atoms with van der Waals surface area (Å²) in [5.74, 6) is 0.236. The molecule has 0 aromatic heterocycles. The quantitative estimate of drug-likeness (QED) is 0.313. The molecule has 0 amide bonds. The average molecular weight is 375 g/mol. The van der Waals surface area contributed by atoms with Gasteiger partial charge < -0.3 is 4.74 Å². The second-order valence-electron chi connectivity index (χ2n) is 5.70. The van der Waals surface area contributed by atoms with Crippen LogP contribution < -0.4 is 4.74 Å². The van der Waals surface area contributed by atoms with Gasteiger partial charge in [-0.1, -0.05) is 60.7 Å². The predicted octanol–water partition coefficient (Wildman–Crippen LogP) is 6.18. The summed E-state index contributed by atoms with van der Waals surface area (Å²) in [5, 5.41) is 0. The van der Waals surface area contributed by atoms with E-state index in [-0.39, 0.29) is 5.97 Å². The fourth-order valence-electron chi connectivity index (χ4n) is 2.41. The minimum absolute atomic E-state index is 0.318. The summed E-state index contributed by atoms with van der Waals surface area (Å²) < 4.78 is 6.32. The fourth-order valence-corrected chi connectivity index (χ4v) is 2.67. The van der Waals surface area contributed by atoms with Crippen molar-refractivity contribution in [3.8, 4) is 5.75 Å². The smallest absolute Gasteiger partial charge is 0.343 e. The molecular weight excluding hydrogens is 352 g/mol. The third kappa shape index (κ3) is 6.19. The molecule has 2 aromatic carbocycles. The third-order valence-electron chi connectivity index (χ3n) is 3.78. The van der Waals surface area contributed by atoms with Gasteiger partial charge in [0.2, 0.25) is 0 Å². The first-order valence-electron chi connectivity index (χ1n) is 8.25. The van der Waals surface area contributed by atoms with Crippen LogP contribution in [-0.2, 0) is 6.42 Å². The number of unbranched alkanes of at least 4 members (excludes halogenated alkanes) is 4. The Hall–Kier alpha value is -1.61. The van der Waals surface area contributed by atoms with Crippen molar-refractivity contribution in [1.82, 2.24) is 0 Å². The van der Waals surface area contributed by atoms with Crippen LogP contribution in [0.5, 0.6) is 5.75 Å². The normalized spacial score (nSPS) is 10.5. The first-order chi connectivity index (χ1) is 11.2. The van der Waals surface area contributed by atoms with Crippen LogP contribution in [0.1, 0.15) is 54.9 Å². The molecule has 0 heterocycles. The average Bonchev–Trinajstić information content (AvgIpc) is 2.57. The number of carbonyl (C=O) groups excluding carboxylic acids is 1. The molecule has 0 saturated heterocycles. The molecule has 0 bridgehead atoms. The molecule has 0 N–H and O–H groups in total. The maximum Gasteiger partial charge on any atom is 0.343 e. The summed E-state index contributed by atoms with van der Waals surface area (Å²) in [5.41, 5.74) is 1.87. The SMILES string of the molecule is CCCCCCCc1ccc(C(=O)Oc2ccc(Br)cc2)cc1. The van der Waals surface area contributed by atoms with Crippen LogP contribution in [0.3, 0.4) is 0 Å². The zero-order chi connectivity index (χ0) is 16.5. The van der Waals surface area contributed by atoms with Crippen LogP contribution >= 0.6 is 15.9 Å². The highest BCUT2D eigenvalue weighted by Gasteiger charge is 2.08. The monoisotopic (exact) mass is 374 g/mol. The molecule has 0 radical (unpaired) electrons. The van der Waals surface area contributed by atoms with E-state index in [0.717, 1.165) is 10.9 Å². The molecule has 0 saturated carbocycles. The van der Waals surface area contributed by atoms with Gasteiger partial charge in [0.1, 0.15) is 5.75 Å². The van der Waals surface area contributed by atoms with Crippen LogP contribution in [0.15, 0.2) is 53.0 Å². The van der Waals surface area contributed by atoms with Crippen LogP contribution in [0, 0.1) is 0 Å². The summed E-state index contributed by atoms with van der Waals surface area (Å²) in [6, 6.07) is 15.0. The summed E-state index contributed by atoms with van der Waals surface area (Å²) in [6.07, 6.45) is 7.47. The van der Waals surface area contributed by atoms with Gasteiger partial charge in [-0.05, 0) is 54.8 Å². The standard InChI is InChI=1S/C20H23BrO2/c1-2-3-4-5-6-7-16-8-10-17(11-9-16)20(22)23-19-14-12-18(21)13-15-19/h8-15H,2-7H2,1H3. The summed E-state index contributed by atoms with van der Waals surface area (Å²) >= 11 is 3.36. The molecule has 0 atom stereocenters. The highest BCUT2D eigenvalue weighted by atomic mass is 79.9. The second-order valence-corrected chi connectivity index (χ2v) is 6.62. The third-order valence-corrected chi connectivity index (χ3v) is 4.31. The first kappa shape index (κ1) is 17.7. The zero-order valence-electron chi connectivity index (χ0n) is 13.6. The summed E-state index contributed by atoms with van der Waals surface area (Å²) in [6.45, 7) is 2.23. The van der Waals surface area contributed by atoms with Gasteiger partial charge in [0.15, 0.2) is 0 Å². The molecule has 0 aliphatic rings. The van der Waals surface area contributed by atoms with E-state index in [1.807, 2.05) is 36.4 Å². The van der Waals surface area contributed by atoms with E-state index in [2.05, 4.69) is 22.9 Å². The van der Waals surface area contributed by atoms with Crippen LogP contribution in [0.4, 0.5) is 0 Å². The van der Waals surface area contributed by atoms with Crippen molar-refractivity contribution in [1.29, 1.82) is 0 Å². The number of aryl methyl sites for hydroxylation is 1. The lowest BCUT2D eigenvalue weighted by Gasteiger charge is -2.06. The number of hydrogen-bond donors (Lipinski definition) is 0. The minimum atomic E-state index is -0.318. The van der Waals surface area contributed by atoms with Gasteiger partial charge in [-0.15, -0.1) is 0 Å². The molecule has 0 unspecified atom stereocenters. The van der Waals surface area contributed by atoms with E-state index in [4.69, 9.17) is 4.74 Å². The van der Waals surface area contributed by atoms with Crippen LogP contribution in [-0.4, -0.2) is 5.97 Å². The maximum atomic E-state index is 12.1. The topological polar surface area (TPSA) is 26.3 Å². The Balaban J connectivity index is 1.83. The van der Waals surface area contributed by atoms with E-state index in [9.17, 15) is 4.79 Å². The van der Waals surface area contributed by atoms with Crippen molar-refractivity contribution >= 4 is 21.9 Å². The molecule has 23 heavy (non-hydrogen) atoms. The van der Waals surface area contributed by atoms with E-state index in [1.165, 1.54) is 37.7 Å². The number of halogens is 1. The van der Waals surface area contributed by atoms with Gasteiger partial charge >= 0.3 is 5.97 Å². The van der Waals surface area contributed by atoms with Gasteiger partial charge in [0.05, 0.1) is 5.56 Å². The Morgan fingerprint density at radius 3 is 2.22 bits per heavy atom. The highest BCUT2D eigenvalue weighted by molar-refractivity contribution is 9.10. The Bertz CT molecular complexity index is 603. The number of rotatable bonds is 8. The summed E-state index contributed by atoms with van der Waals surface area (Å²) in [4.78, 5) is 12.1. The van der Waals surface area contributed by atoms with Gasteiger partial charge in [0.25, 0.3) is 0 Å². The molecular formula is C20H23BrO2. The Labute approximate surface area is 147 Å². The van der Waals surface area contributed by atoms with Crippen molar-refractivity contribution in [2.45, 2.75) is 45.4 Å². The zero-order valence-corrected chi connectivity index (χ0v) is 15.1. The molecule has 2 rings (SSSR count). The van der Waals surface area contributed by atoms with E-state index in [1.54, 1.807) is 12.1 Å². The van der Waals surface area contributed by atoms with Crippen molar-refractivity contribution in [2.75, 3.05) is 0 Å². The van der Waals surface area contributed by atoms with E-state index < -0.39 is 0 Å². The molecule has 0 fully saturated rings. The molecule has 3 heteroatoms. The number of ether oxygens (including phenoxy) is 1. The van der Waals surface area contributed by atoms with Crippen molar-refractivity contribution in [3.05, 3.63) is 64.1 Å². The molecule has 2 nitrogen and oxygen atoms in total. The van der Waals surface area contributed by atoms with Gasteiger partial charge in [-0.2, -0.15) is 0 Å². The maximum absolute atomic E-state index is 12.1. The van der Waals surface area contributed by atoms with E-state index >= 15 is 0 Å².